The lowest BCUT2D eigenvalue weighted by atomic mass is 9.87. The Kier molecular flexibility index (Phi) is 6.45. The Labute approximate surface area is 143 Å². The first-order valence-electron chi connectivity index (χ1n) is 9.26. The van der Waals surface area contributed by atoms with Gasteiger partial charge in [0.05, 0.1) is 0 Å². The third-order valence-corrected chi connectivity index (χ3v) is 4.75. The summed E-state index contributed by atoms with van der Waals surface area (Å²) >= 11 is 0. The Morgan fingerprint density at radius 2 is 1.39 bits per heavy atom. The SMILES string of the molecule is CCCCc1cc(C)ccc1-c1cc(C)cc(C)c1CCCC. The van der Waals surface area contributed by atoms with Crippen LogP contribution >= 0.6 is 0 Å². The summed E-state index contributed by atoms with van der Waals surface area (Å²) in [6.07, 6.45) is 7.43. The smallest absolute Gasteiger partial charge is 0.0144 e. The van der Waals surface area contributed by atoms with Gasteiger partial charge in [-0.05, 0) is 74.3 Å². The first kappa shape index (κ1) is 17.8. The second-order valence-electron chi connectivity index (χ2n) is 6.98. The van der Waals surface area contributed by atoms with Gasteiger partial charge in [-0.25, -0.2) is 0 Å². The highest BCUT2D eigenvalue weighted by Crippen LogP contribution is 2.33. The second kappa shape index (κ2) is 8.34. The van der Waals surface area contributed by atoms with Crippen molar-refractivity contribution in [2.24, 2.45) is 0 Å². The van der Waals surface area contributed by atoms with Gasteiger partial charge < -0.3 is 0 Å². The van der Waals surface area contributed by atoms with Gasteiger partial charge in [-0.1, -0.05) is 68.1 Å². The molecule has 0 amide bonds. The first-order chi connectivity index (χ1) is 11.1. The van der Waals surface area contributed by atoms with Crippen LogP contribution in [0.2, 0.25) is 0 Å². The Hall–Kier alpha value is -1.56. The molecule has 2 rings (SSSR count). The fourth-order valence-electron chi connectivity index (χ4n) is 3.48. The highest BCUT2D eigenvalue weighted by atomic mass is 14.2. The molecule has 0 aliphatic rings. The van der Waals surface area contributed by atoms with Crippen LogP contribution in [0.5, 0.6) is 0 Å². The van der Waals surface area contributed by atoms with Crippen LogP contribution in [0.15, 0.2) is 30.3 Å². The summed E-state index contributed by atoms with van der Waals surface area (Å²) in [4.78, 5) is 0. The molecule has 0 fully saturated rings. The van der Waals surface area contributed by atoms with E-state index in [1.54, 1.807) is 5.56 Å². The molecule has 0 radical (unpaired) electrons. The van der Waals surface area contributed by atoms with Crippen molar-refractivity contribution in [3.8, 4) is 11.1 Å². The van der Waals surface area contributed by atoms with Gasteiger partial charge in [0.1, 0.15) is 0 Å². The average Bonchev–Trinajstić information content (AvgIpc) is 2.51. The van der Waals surface area contributed by atoms with Crippen molar-refractivity contribution in [1.29, 1.82) is 0 Å². The van der Waals surface area contributed by atoms with Crippen LogP contribution in [0.1, 0.15) is 67.3 Å². The number of rotatable bonds is 7. The molecule has 23 heavy (non-hydrogen) atoms. The molecule has 0 nitrogen and oxygen atoms in total. The van der Waals surface area contributed by atoms with Gasteiger partial charge in [-0.15, -0.1) is 0 Å². The molecule has 0 bridgehead atoms. The van der Waals surface area contributed by atoms with Crippen molar-refractivity contribution in [2.45, 2.75) is 73.1 Å². The van der Waals surface area contributed by atoms with Gasteiger partial charge in [0, 0.05) is 0 Å². The van der Waals surface area contributed by atoms with E-state index in [1.807, 2.05) is 0 Å². The van der Waals surface area contributed by atoms with Crippen LogP contribution in [0, 0.1) is 20.8 Å². The fraction of sp³-hybridized carbons (Fsp3) is 0.478. The minimum Gasteiger partial charge on any atom is -0.0654 e. The van der Waals surface area contributed by atoms with Gasteiger partial charge in [0.2, 0.25) is 0 Å². The molecule has 0 saturated carbocycles. The molecular formula is C23H32. The van der Waals surface area contributed by atoms with E-state index in [2.05, 4.69) is 65.0 Å². The number of benzene rings is 2. The third kappa shape index (κ3) is 4.47. The second-order valence-corrected chi connectivity index (χ2v) is 6.98. The Bertz CT molecular complexity index is 649. The molecule has 124 valence electrons. The summed E-state index contributed by atoms with van der Waals surface area (Å²) < 4.78 is 0. The van der Waals surface area contributed by atoms with Crippen molar-refractivity contribution < 1.29 is 0 Å². The van der Waals surface area contributed by atoms with Crippen LogP contribution < -0.4 is 0 Å². The van der Waals surface area contributed by atoms with E-state index in [4.69, 9.17) is 0 Å². The molecule has 2 aromatic carbocycles. The summed E-state index contributed by atoms with van der Waals surface area (Å²) in [5.41, 5.74) is 10.2. The number of unbranched alkanes of at least 4 members (excludes halogenated alkanes) is 2. The first-order valence-corrected chi connectivity index (χ1v) is 9.26. The zero-order valence-electron chi connectivity index (χ0n) is 15.6. The summed E-state index contributed by atoms with van der Waals surface area (Å²) in [5, 5.41) is 0. The predicted molar refractivity (Wildman–Crippen MR) is 103 cm³/mol. The van der Waals surface area contributed by atoms with E-state index in [1.165, 1.54) is 71.9 Å². The molecule has 0 aliphatic carbocycles. The van der Waals surface area contributed by atoms with Crippen LogP contribution in [-0.4, -0.2) is 0 Å². The monoisotopic (exact) mass is 308 g/mol. The van der Waals surface area contributed by atoms with Crippen molar-refractivity contribution >= 4 is 0 Å². The molecule has 0 N–H and O–H groups in total. The van der Waals surface area contributed by atoms with Gasteiger partial charge in [-0.3, -0.25) is 0 Å². The van der Waals surface area contributed by atoms with E-state index in [9.17, 15) is 0 Å². The van der Waals surface area contributed by atoms with Crippen LogP contribution in [-0.2, 0) is 12.8 Å². The molecule has 2 aromatic rings. The average molecular weight is 309 g/mol. The van der Waals surface area contributed by atoms with E-state index in [0.717, 1.165) is 0 Å². The molecule has 0 unspecified atom stereocenters. The normalized spacial score (nSPS) is 11.0. The third-order valence-electron chi connectivity index (χ3n) is 4.75. The van der Waals surface area contributed by atoms with Gasteiger partial charge in [0.25, 0.3) is 0 Å². The zero-order chi connectivity index (χ0) is 16.8. The number of aryl methyl sites for hydroxylation is 4. The van der Waals surface area contributed by atoms with Crippen LogP contribution in [0.3, 0.4) is 0 Å². The van der Waals surface area contributed by atoms with Crippen molar-refractivity contribution in [3.63, 3.8) is 0 Å². The molecule has 0 heteroatoms. The van der Waals surface area contributed by atoms with E-state index in [-0.39, 0.29) is 0 Å². The predicted octanol–water partition coefficient (Wildman–Crippen LogP) is 6.96. The van der Waals surface area contributed by atoms with Gasteiger partial charge in [0.15, 0.2) is 0 Å². The Morgan fingerprint density at radius 1 is 0.696 bits per heavy atom. The van der Waals surface area contributed by atoms with Crippen LogP contribution in [0.4, 0.5) is 0 Å². The molecule has 0 aromatic heterocycles. The fourth-order valence-corrected chi connectivity index (χ4v) is 3.48. The topological polar surface area (TPSA) is 0 Å². The zero-order valence-corrected chi connectivity index (χ0v) is 15.6. The maximum absolute atomic E-state index is 2.40. The molecule has 0 spiro atoms. The maximum Gasteiger partial charge on any atom is -0.0144 e. The highest BCUT2D eigenvalue weighted by molar-refractivity contribution is 5.73. The Balaban J connectivity index is 2.56. The van der Waals surface area contributed by atoms with Crippen LogP contribution in [0.25, 0.3) is 11.1 Å². The maximum atomic E-state index is 2.40. The van der Waals surface area contributed by atoms with E-state index in [0.29, 0.717) is 0 Å². The number of hydrogen-bond acceptors (Lipinski definition) is 0. The summed E-state index contributed by atoms with van der Waals surface area (Å²) in [7, 11) is 0. The van der Waals surface area contributed by atoms with Crippen molar-refractivity contribution in [1.82, 2.24) is 0 Å². The van der Waals surface area contributed by atoms with Gasteiger partial charge in [-0.2, -0.15) is 0 Å². The van der Waals surface area contributed by atoms with Crippen molar-refractivity contribution in [3.05, 3.63) is 58.1 Å². The number of hydrogen-bond donors (Lipinski definition) is 0. The molecule has 0 atom stereocenters. The standard InChI is InChI=1S/C23H32/c1-6-8-10-20-15-17(3)12-13-22(20)23-16-18(4)14-19(5)21(23)11-9-7-2/h12-16H,6-11H2,1-5H3. The quantitative estimate of drug-likeness (QED) is 0.518. The summed E-state index contributed by atoms with van der Waals surface area (Å²) in [6, 6.07) is 11.8. The van der Waals surface area contributed by atoms with Crippen molar-refractivity contribution in [2.75, 3.05) is 0 Å². The minimum atomic E-state index is 1.19. The summed E-state index contributed by atoms with van der Waals surface area (Å²) in [6.45, 7) is 11.3. The van der Waals surface area contributed by atoms with E-state index < -0.39 is 0 Å². The lowest BCUT2D eigenvalue weighted by molar-refractivity contribution is 0.788. The van der Waals surface area contributed by atoms with E-state index >= 15 is 0 Å². The minimum absolute atomic E-state index is 1.19. The lowest BCUT2D eigenvalue weighted by Crippen LogP contribution is -1.99. The molecule has 0 saturated heterocycles. The molecule has 0 aliphatic heterocycles. The largest absolute Gasteiger partial charge is 0.0654 e. The summed E-state index contributed by atoms with van der Waals surface area (Å²) in [5.74, 6) is 0. The van der Waals surface area contributed by atoms with Gasteiger partial charge >= 0.3 is 0 Å². The highest BCUT2D eigenvalue weighted by Gasteiger charge is 2.12. The molecular weight excluding hydrogens is 276 g/mol. The molecule has 0 heterocycles. The Morgan fingerprint density at radius 3 is 2.09 bits per heavy atom. The lowest BCUT2D eigenvalue weighted by Gasteiger charge is -2.18.